The van der Waals surface area contributed by atoms with Gasteiger partial charge in [0.15, 0.2) is 0 Å². The Balaban J connectivity index is 1.77. The van der Waals surface area contributed by atoms with Gasteiger partial charge in [-0.15, -0.1) is 0 Å². The molecule has 0 radical (unpaired) electrons. The van der Waals surface area contributed by atoms with E-state index in [4.69, 9.17) is 16.3 Å². The SMILES string of the molecule is COc1cccc(Nc2nccc(C(=O)Nc3cc(Cl)ccc3C)n2)c1. The van der Waals surface area contributed by atoms with Crippen molar-refractivity contribution in [3.63, 3.8) is 0 Å². The second kappa shape index (κ2) is 7.84. The minimum absolute atomic E-state index is 0.241. The molecular formula is C19H17ClN4O2. The second-order valence-corrected chi connectivity index (χ2v) is 5.97. The van der Waals surface area contributed by atoms with Crippen molar-refractivity contribution in [3.05, 3.63) is 71.0 Å². The summed E-state index contributed by atoms with van der Waals surface area (Å²) in [4.78, 5) is 20.9. The highest BCUT2D eigenvalue weighted by molar-refractivity contribution is 6.31. The lowest BCUT2D eigenvalue weighted by Crippen LogP contribution is -2.15. The predicted molar refractivity (Wildman–Crippen MR) is 102 cm³/mol. The van der Waals surface area contributed by atoms with E-state index in [1.165, 1.54) is 6.20 Å². The van der Waals surface area contributed by atoms with Gasteiger partial charge < -0.3 is 15.4 Å². The molecule has 0 bridgehead atoms. The van der Waals surface area contributed by atoms with Crippen molar-refractivity contribution in [1.29, 1.82) is 0 Å². The first kappa shape index (κ1) is 17.7. The number of aryl methyl sites for hydroxylation is 1. The number of nitrogens with zero attached hydrogens (tertiary/aromatic N) is 2. The number of rotatable bonds is 5. The Hall–Kier alpha value is -3.12. The number of benzene rings is 2. The van der Waals surface area contributed by atoms with E-state index in [2.05, 4.69) is 20.6 Å². The lowest BCUT2D eigenvalue weighted by Gasteiger charge is -2.10. The molecule has 2 N–H and O–H groups in total. The quantitative estimate of drug-likeness (QED) is 0.696. The van der Waals surface area contributed by atoms with Crippen LogP contribution in [0.1, 0.15) is 16.1 Å². The molecule has 132 valence electrons. The summed E-state index contributed by atoms with van der Waals surface area (Å²) in [5.41, 5.74) is 2.55. The molecule has 26 heavy (non-hydrogen) atoms. The first-order valence-corrected chi connectivity index (χ1v) is 8.24. The first-order valence-electron chi connectivity index (χ1n) is 7.87. The molecule has 0 aliphatic carbocycles. The van der Waals surface area contributed by atoms with Crippen molar-refractivity contribution in [1.82, 2.24) is 9.97 Å². The summed E-state index contributed by atoms with van der Waals surface area (Å²) in [6.45, 7) is 1.89. The van der Waals surface area contributed by atoms with Gasteiger partial charge in [0.1, 0.15) is 11.4 Å². The van der Waals surface area contributed by atoms with Gasteiger partial charge in [-0.1, -0.05) is 23.7 Å². The molecule has 3 aromatic rings. The fourth-order valence-electron chi connectivity index (χ4n) is 2.29. The molecule has 0 unspecified atom stereocenters. The predicted octanol–water partition coefficient (Wildman–Crippen LogP) is 4.44. The van der Waals surface area contributed by atoms with Crippen LogP contribution in [-0.4, -0.2) is 23.0 Å². The third-order valence-corrected chi connectivity index (χ3v) is 3.90. The average Bonchev–Trinajstić information content (AvgIpc) is 2.65. The summed E-state index contributed by atoms with van der Waals surface area (Å²) in [5, 5.41) is 6.42. The number of aromatic nitrogens is 2. The Kier molecular flexibility index (Phi) is 5.34. The summed E-state index contributed by atoms with van der Waals surface area (Å²) in [6.07, 6.45) is 1.52. The van der Waals surface area contributed by atoms with Crippen LogP contribution in [0.2, 0.25) is 5.02 Å². The van der Waals surface area contributed by atoms with E-state index in [9.17, 15) is 4.79 Å². The lowest BCUT2D eigenvalue weighted by atomic mass is 10.2. The van der Waals surface area contributed by atoms with Crippen LogP contribution in [0.3, 0.4) is 0 Å². The van der Waals surface area contributed by atoms with Crippen LogP contribution in [-0.2, 0) is 0 Å². The summed E-state index contributed by atoms with van der Waals surface area (Å²) in [7, 11) is 1.60. The number of methoxy groups -OCH3 is 1. The van der Waals surface area contributed by atoms with Crippen molar-refractivity contribution in [2.75, 3.05) is 17.7 Å². The number of anilines is 3. The van der Waals surface area contributed by atoms with Crippen molar-refractivity contribution < 1.29 is 9.53 Å². The number of halogens is 1. The van der Waals surface area contributed by atoms with E-state index < -0.39 is 0 Å². The molecule has 0 saturated heterocycles. The van der Waals surface area contributed by atoms with Crippen LogP contribution < -0.4 is 15.4 Å². The Labute approximate surface area is 156 Å². The topological polar surface area (TPSA) is 76.1 Å². The molecule has 7 heteroatoms. The standard InChI is InChI=1S/C19H17ClN4O2/c1-12-6-7-13(20)10-17(12)23-18(25)16-8-9-21-19(24-16)22-14-4-3-5-15(11-14)26-2/h3-11H,1-2H3,(H,23,25)(H,21,22,24). The van der Waals surface area contributed by atoms with Crippen molar-refractivity contribution >= 4 is 34.8 Å². The molecule has 0 atom stereocenters. The molecule has 0 spiro atoms. The Morgan fingerprint density at radius 2 is 2.00 bits per heavy atom. The van der Waals surface area contributed by atoms with Gasteiger partial charge in [-0.2, -0.15) is 0 Å². The Morgan fingerprint density at radius 3 is 2.81 bits per heavy atom. The smallest absolute Gasteiger partial charge is 0.274 e. The second-order valence-electron chi connectivity index (χ2n) is 5.54. The van der Waals surface area contributed by atoms with Gasteiger partial charge in [0.2, 0.25) is 5.95 Å². The van der Waals surface area contributed by atoms with E-state index in [1.807, 2.05) is 37.3 Å². The minimum atomic E-state index is -0.341. The van der Waals surface area contributed by atoms with Crippen LogP contribution in [0.4, 0.5) is 17.3 Å². The number of carbonyl (C=O) groups excluding carboxylic acids is 1. The number of nitrogens with one attached hydrogen (secondary N) is 2. The van der Waals surface area contributed by atoms with Gasteiger partial charge in [0.25, 0.3) is 5.91 Å². The Morgan fingerprint density at radius 1 is 1.15 bits per heavy atom. The van der Waals surface area contributed by atoms with Gasteiger partial charge >= 0.3 is 0 Å². The molecule has 1 amide bonds. The highest BCUT2D eigenvalue weighted by Crippen LogP contribution is 2.22. The molecule has 1 heterocycles. The zero-order valence-electron chi connectivity index (χ0n) is 14.3. The maximum Gasteiger partial charge on any atom is 0.274 e. The zero-order chi connectivity index (χ0) is 18.5. The molecule has 3 rings (SSSR count). The fraction of sp³-hybridized carbons (Fsp3) is 0.105. The highest BCUT2D eigenvalue weighted by Gasteiger charge is 2.11. The molecule has 1 aromatic heterocycles. The largest absolute Gasteiger partial charge is 0.497 e. The van der Waals surface area contributed by atoms with Gasteiger partial charge in [-0.05, 0) is 42.8 Å². The molecule has 0 aliphatic heterocycles. The van der Waals surface area contributed by atoms with E-state index in [0.29, 0.717) is 22.4 Å². The van der Waals surface area contributed by atoms with E-state index in [1.54, 1.807) is 25.3 Å². The van der Waals surface area contributed by atoms with Crippen LogP contribution in [0, 0.1) is 6.92 Å². The summed E-state index contributed by atoms with van der Waals surface area (Å²) >= 11 is 5.99. The lowest BCUT2D eigenvalue weighted by molar-refractivity contribution is 0.102. The summed E-state index contributed by atoms with van der Waals surface area (Å²) < 4.78 is 5.19. The number of hydrogen-bond acceptors (Lipinski definition) is 5. The third-order valence-electron chi connectivity index (χ3n) is 3.66. The number of amides is 1. The average molecular weight is 369 g/mol. The van der Waals surface area contributed by atoms with Gasteiger partial charge in [0, 0.05) is 28.7 Å². The molecule has 0 aliphatic rings. The Bertz CT molecular complexity index is 946. The van der Waals surface area contributed by atoms with E-state index in [0.717, 1.165) is 11.3 Å². The monoisotopic (exact) mass is 368 g/mol. The fourth-order valence-corrected chi connectivity index (χ4v) is 2.46. The molecule has 0 fully saturated rings. The van der Waals surface area contributed by atoms with Gasteiger partial charge in [-0.3, -0.25) is 4.79 Å². The normalized spacial score (nSPS) is 10.3. The van der Waals surface area contributed by atoms with Crippen molar-refractivity contribution in [2.45, 2.75) is 6.92 Å². The van der Waals surface area contributed by atoms with Crippen LogP contribution in [0.5, 0.6) is 5.75 Å². The van der Waals surface area contributed by atoms with Crippen molar-refractivity contribution in [3.8, 4) is 5.75 Å². The van der Waals surface area contributed by atoms with E-state index >= 15 is 0 Å². The molecule has 2 aromatic carbocycles. The number of ether oxygens (including phenoxy) is 1. The summed E-state index contributed by atoms with van der Waals surface area (Å²) in [5.74, 6) is 0.681. The van der Waals surface area contributed by atoms with Crippen LogP contribution in [0.15, 0.2) is 54.7 Å². The van der Waals surface area contributed by atoms with Gasteiger partial charge in [0.05, 0.1) is 7.11 Å². The van der Waals surface area contributed by atoms with Crippen LogP contribution in [0.25, 0.3) is 0 Å². The third kappa shape index (κ3) is 4.29. The maximum absolute atomic E-state index is 12.5. The molecular weight excluding hydrogens is 352 g/mol. The summed E-state index contributed by atoms with van der Waals surface area (Å²) in [6, 6.07) is 14.2. The molecule has 0 saturated carbocycles. The van der Waals surface area contributed by atoms with Crippen LogP contribution >= 0.6 is 11.6 Å². The van der Waals surface area contributed by atoms with Crippen molar-refractivity contribution in [2.24, 2.45) is 0 Å². The first-order chi connectivity index (χ1) is 12.5. The highest BCUT2D eigenvalue weighted by atomic mass is 35.5. The maximum atomic E-state index is 12.5. The number of hydrogen-bond donors (Lipinski definition) is 2. The molecule has 6 nitrogen and oxygen atoms in total. The minimum Gasteiger partial charge on any atom is -0.497 e. The van der Waals surface area contributed by atoms with E-state index in [-0.39, 0.29) is 11.6 Å². The van der Waals surface area contributed by atoms with Gasteiger partial charge in [-0.25, -0.2) is 9.97 Å². The zero-order valence-corrected chi connectivity index (χ0v) is 15.0. The number of carbonyl (C=O) groups is 1.